The first-order chi connectivity index (χ1) is 10.0. The van der Waals surface area contributed by atoms with Gasteiger partial charge in [-0.1, -0.05) is 67.4 Å². The van der Waals surface area contributed by atoms with Crippen molar-refractivity contribution in [3.63, 3.8) is 0 Å². The molecule has 1 aliphatic carbocycles. The number of carbonyl (C=O) groups excluding carboxylic acids is 1. The molecule has 0 heterocycles. The third kappa shape index (κ3) is 6.02. The predicted molar refractivity (Wildman–Crippen MR) is 92.9 cm³/mol. The molecule has 1 unspecified atom stereocenters. The first-order valence-corrected chi connectivity index (χ1v) is 8.64. The Bertz CT molecular complexity index is 381. The molecule has 1 amide bonds. The Morgan fingerprint density at radius 3 is 2.14 bits per heavy atom. The van der Waals surface area contributed by atoms with Crippen LogP contribution >= 0.6 is 0 Å². The Morgan fingerprint density at radius 1 is 1.14 bits per heavy atom. The van der Waals surface area contributed by atoms with Crippen molar-refractivity contribution in [2.45, 2.75) is 79.7 Å². The molecule has 128 valence electrons. The lowest BCUT2D eigenvalue weighted by Gasteiger charge is -2.38. The van der Waals surface area contributed by atoms with Crippen molar-refractivity contribution in [3.8, 4) is 0 Å². The first-order valence-electron chi connectivity index (χ1n) is 8.64. The number of rotatable bonds is 4. The second kappa shape index (κ2) is 7.52. The number of amides is 1. The summed E-state index contributed by atoms with van der Waals surface area (Å²) in [5.41, 5.74) is 0.901. The summed E-state index contributed by atoms with van der Waals surface area (Å²) in [5, 5.41) is 3.04. The first kappa shape index (κ1) is 19.1. The summed E-state index contributed by atoms with van der Waals surface area (Å²) in [6, 6.07) is -0.0913. The second-order valence-electron chi connectivity index (χ2n) is 8.82. The molecule has 3 nitrogen and oxygen atoms in total. The number of ether oxygens (including phenoxy) is 1. The number of hydrogen-bond donors (Lipinski definition) is 1. The molecule has 0 aromatic rings. The van der Waals surface area contributed by atoms with Crippen LogP contribution in [0.15, 0.2) is 12.2 Å². The van der Waals surface area contributed by atoms with E-state index in [0.717, 1.165) is 5.57 Å². The number of alkyl carbamates (subject to hydrolysis) is 1. The Morgan fingerprint density at radius 2 is 1.68 bits per heavy atom. The summed E-state index contributed by atoms with van der Waals surface area (Å²) < 4.78 is 5.48. The zero-order chi connectivity index (χ0) is 17.0. The summed E-state index contributed by atoms with van der Waals surface area (Å²) in [7, 11) is 0. The van der Waals surface area contributed by atoms with Gasteiger partial charge in [0, 0.05) is 0 Å². The Hall–Kier alpha value is -0.990. The van der Waals surface area contributed by atoms with E-state index >= 15 is 0 Å². The maximum absolute atomic E-state index is 12.2. The molecule has 22 heavy (non-hydrogen) atoms. The summed E-state index contributed by atoms with van der Waals surface area (Å²) >= 11 is 0. The van der Waals surface area contributed by atoms with Crippen molar-refractivity contribution in [1.29, 1.82) is 0 Å². The average molecular weight is 309 g/mol. The van der Waals surface area contributed by atoms with Crippen LogP contribution in [0.1, 0.15) is 73.6 Å². The molecule has 1 rings (SSSR count). The van der Waals surface area contributed by atoms with Crippen LogP contribution in [-0.4, -0.2) is 18.7 Å². The third-order valence-electron chi connectivity index (χ3n) is 4.61. The molecule has 1 fully saturated rings. The third-order valence-corrected chi connectivity index (χ3v) is 4.61. The van der Waals surface area contributed by atoms with Gasteiger partial charge in [0.25, 0.3) is 0 Å². The van der Waals surface area contributed by atoms with E-state index in [2.05, 4.69) is 53.4 Å². The molecule has 0 aromatic carbocycles. The number of carbonyl (C=O) groups is 1. The molecule has 0 radical (unpaired) electrons. The quantitative estimate of drug-likeness (QED) is 0.715. The predicted octanol–water partition coefficient (Wildman–Crippen LogP) is 5.31. The fraction of sp³-hybridized carbons (Fsp3) is 0.842. The van der Waals surface area contributed by atoms with Crippen LogP contribution < -0.4 is 5.32 Å². The van der Waals surface area contributed by atoms with Gasteiger partial charge in [0.15, 0.2) is 0 Å². The van der Waals surface area contributed by atoms with Gasteiger partial charge in [-0.05, 0) is 35.2 Å². The van der Waals surface area contributed by atoms with E-state index < -0.39 is 0 Å². The van der Waals surface area contributed by atoms with E-state index in [4.69, 9.17) is 4.74 Å². The summed E-state index contributed by atoms with van der Waals surface area (Å²) in [5.74, 6) is 0.540. The van der Waals surface area contributed by atoms with Crippen LogP contribution in [0.4, 0.5) is 4.79 Å². The standard InChI is InChI=1S/C19H35NO2/c1-14(18(2,3)4)16(19(5,6)7)20-17(21)22-13-15-11-9-8-10-12-15/h15-16H,1,8-13H2,2-7H3,(H,20,21). The minimum atomic E-state index is -0.309. The molecule has 1 aliphatic rings. The molecular formula is C19H35NO2. The Labute approximate surface area is 136 Å². The van der Waals surface area contributed by atoms with Gasteiger partial charge in [-0.3, -0.25) is 0 Å². The molecule has 0 aromatic heterocycles. The van der Waals surface area contributed by atoms with Crippen molar-refractivity contribution < 1.29 is 9.53 Å². The van der Waals surface area contributed by atoms with Crippen molar-refractivity contribution in [2.24, 2.45) is 16.7 Å². The van der Waals surface area contributed by atoms with Gasteiger partial charge in [-0.15, -0.1) is 0 Å². The normalized spacial score (nSPS) is 18.6. The van der Waals surface area contributed by atoms with Gasteiger partial charge in [-0.2, -0.15) is 0 Å². The van der Waals surface area contributed by atoms with Gasteiger partial charge >= 0.3 is 6.09 Å². The van der Waals surface area contributed by atoms with Crippen LogP contribution in [0.3, 0.4) is 0 Å². The van der Waals surface area contributed by atoms with E-state index in [1.165, 1.54) is 32.1 Å². The van der Waals surface area contributed by atoms with Crippen molar-refractivity contribution in [2.75, 3.05) is 6.61 Å². The van der Waals surface area contributed by atoms with E-state index in [1.54, 1.807) is 0 Å². The highest BCUT2D eigenvalue weighted by atomic mass is 16.5. The lowest BCUT2D eigenvalue weighted by molar-refractivity contribution is 0.107. The van der Waals surface area contributed by atoms with Crippen LogP contribution in [-0.2, 0) is 4.74 Å². The second-order valence-corrected chi connectivity index (χ2v) is 8.82. The van der Waals surface area contributed by atoms with Gasteiger partial charge in [0.05, 0.1) is 12.6 Å². The van der Waals surface area contributed by atoms with E-state index in [0.29, 0.717) is 12.5 Å². The molecule has 3 heteroatoms. The lowest BCUT2D eigenvalue weighted by atomic mass is 9.73. The van der Waals surface area contributed by atoms with Crippen LogP contribution in [0.25, 0.3) is 0 Å². The Balaban J connectivity index is 2.58. The zero-order valence-electron chi connectivity index (χ0n) is 15.4. The molecule has 0 bridgehead atoms. The van der Waals surface area contributed by atoms with Crippen molar-refractivity contribution in [3.05, 3.63) is 12.2 Å². The maximum Gasteiger partial charge on any atom is 0.407 e. The molecular weight excluding hydrogens is 274 g/mol. The number of hydrogen-bond acceptors (Lipinski definition) is 2. The van der Waals surface area contributed by atoms with Gasteiger partial charge in [-0.25, -0.2) is 4.79 Å². The van der Waals surface area contributed by atoms with Crippen LogP contribution in [0.5, 0.6) is 0 Å². The topological polar surface area (TPSA) is 38.3 Å². The largest absolute Gasteiger partial charge is 0.449 e. The van der Waals surface area contributed by atoms with Crippen molar-refractivity contribution in [1.82, 2.24) is 5.32 Å². The van der Waals surface area contributed by atoms with Crippen LogP contribution in [0, 0.1) is 16.7 Å². The molecule has 0 aliphatic heterocycles. The molecule has 1 saturated carbocycles. The van der Waals surface area contributed by atoms with Gasteiger partial charge < -0.3 is 10.1 Å². The van der Waals surface area contributed by atoms with E-state index in [-0.39, 0.29) is 23.0 Å². The minimum Gasteiger partial charge on any atom is -0.449 e. The summed E-state index contributed by atoms with van der Waals surface area (Å²) in [6.45, 7) is 17.5. The lowest BCUT2D eigenvalue weighted by Crippen LogP contribution is -2.47. The van der Waals surface area contributed by atoms with Crippen molar-refractivity contribution >= 4 is 6.09 Å². The molecule has 1 N–H and O–H groups in total. The monoisotopic (exact) mass is 309 g/mol. The average Bonchev–Trinajstić information content (AvgIpc) is 2.40. The maximum atomic E-state index is 12.2. The van der Waals surface area contributed by atoms with Gasteiger partial charge in [0.2, 0.25) is 0 Å². The number of nitrogens with one attached hydrogen (secondary N) is 1. The summed E-state index contributed by atoms with van der Waals surface area (Å²) in [4.78, 5) is 12.2. The molecule has 0 spiro atoms. The highest BCUT2D eigenvalue weighted by molar-refractivity contribution is 5.68. The Kier molecular flexibility index (Phi) is 6.51. The van der Waals surface area contributed by atoms with Gasteiger partial charge in [0.1, 0.15) is 0 Å². The molecule has 0 saturated heterocycles. The highest BCUT2D eigenvalue weighted by Crippen LogP contribution is 2.34. The minimum absolute atomic E-state index is 0.0470. The zero-order valence-corrected chi connectivity index (χ0v) is 15.4. The molecule has 1 atom stereocenters. The fourth-order valence-corrected chi connectivity index (χ4v) is 2.97. The fourth-order valence-electron chi connectivity index (χ4n) is 2.97. The summed E-state index contributed by atoms with van der Waals surface area (Å²) in [6.07, 6.45) is 5.91. The van der Waals surface area contributed by atoms with Crippen LogP contribution in [0.2, 0.25) is 0 Å². The highest BCUT2D eigenvalue weighted by Gasteiger charge is 2.34. The van der Waals surface area contributed by atoms with E-state index in [1.807, 2.05) is 0 Å². The SMILES string of the molecule is C=C(C(NC(=O)OCC1CCCCC1)C(C)(C)C)C(C)(C)C. The van der Waals surface area contributed by atoms with E-state index in [9.17, 15) is 4.79 Å². The smallest absolute Gasteiger partial charge is 0.407 e.